The van der Waals surface area contributed by atoms with Crippen molar-refractivity contribution in [3.63, 3.8) is 0 Å². The molecular weight excluding hydrogens is 396 g/mol. The summed E-state index contributed by atoms with van der Waals surface area (Å²) in [5, 5.41) is 7.95. The van der Waals surface area contributed by atoms with Crippen molar-refractivity contribution in [2.24, 2.45) is 5.92 Å². The smallest absolute Gasteiger partial charge is 0.321 e. The van der Waals surface area contributed by atoms with Gasteiger partial charge in [0.15, 0.2) is 0 Å². The zero-order valence-electron chi connectivity index (χ0n) is 17.6. The molecule has 4 amide bonds. The summed E-state index contributed by atoms with van der Waals surface area (Å²) in [5.41, 5.74) is 1.61. The second-order valence-corrected chi connectivity index (χ2v) is 7.46. The fourth-order valence-electron chi connectivity index (χ4n) is 3.53. The molecule has 8 nitrogen and oxygen atoms in total. The number of imide groups is 1. The molecule has 0 bridgehead atoms. The van der Waals surface area contributed by atoms with Crippen LogP contribution in [0.15, 0.2) is 54.6 Å². The van der Waals surface area contributed by atoms with Crippen LogP contribution < -0.4 is 20.7 Å². The quantitative estimate of drug-likeness (QED) is 0.634. The van der Waals surface area contributed by atoms with Crippen molar-refractivity contribution in [1.29, 1.82) is 0 Å². The van der Waals surface area contributed by atoms with E-state index in [0.717, 1.165) is 5.56 Å². The highest BCUT2D eigenvalue weighted by Gasteiger charge is 2.26. The molecule has 2 aromatic carbocycles. The second-order valence-electron chi connectivity index (χ2n) is 7.46. The van der Waals surface area contributed by atoms with E-state index in [9.17, 15) is 14.4 Å². The Morgan fingerprint density at radius 1 is 1.00 bits per heavy atom. The van der Waals surface area contributed by atoms with Crippen molar-refractivity contribution in [3.05, 3.63) is 60.2 Å². The van der Waals surface area contributed by atoms with E-state index in [2.05, 4.69) is 16.0 Å². The van der Waals surface area contributed by atoms with E-state index in [4.69, 9.17) is 4.74 Å². The van der Waals surface area contributed by atoms with E-state index in [0.29, 0.717) is 43.9 Å². The largest absolute Gasteiger partial charge is 0.495 e. The summed E-state index contributed by atoms with van der Waals surface area (Å²) in [4.78, 5) is 38.6. The van der Waals surface area contributed by atoms with E-state index in [1.807, 2.05) is 47.4 Å². The highest BCUT2D eigenvalue weighted by Crippen LogP contribution is 2.25. The highest BCUT2D eigenvalue weighted by molar-refractivity contribution is 5.95. The fraction of sp³-hybridized carbons (Fsp3) is 0.348. The van der Waals surface area contributed by atoms with Gasteiger partial charge in [0.1, 0.15) is 5.75 Å². The van der Waals surface area contributed by atoms with Gasteiger partial charge in [0, 0.05) is 12.5 Å². The molecule has 0 saturated carbocycles. The number of carbonyl (C=O) groups excluding carboxylic acids is 3. The maximum Gasteiger partial charge on any atom is 0.321 e. The first-order valence-electron chi connectivity index (χ1n) is 10.3. The number of anilines is 1. The number of piperidine rings is 1. The molecule has 8 heteroatoms. The standard InChI is InChI=1S/C23H28N4O4/c1-31-20-10-6-5-9-19(20)25-22(29)18-11-13-27(14-12-18)16-21(28)26-23(30)24-15-17-7-3-2-4-8-17/h2-10,18H,11-16H2,1H3,(H,25,29)(H2,24,26,28,30). The molecular formula is C23H28N4O4. The number of amides is 4. The Kier molecular flexibility index (Phi) is 8.00. The number of hydrogen-bond acceptors (Lipinski definition) is 5. The van der Waals surface area contributed by atoms with Crippen LogP contribution in [0, 0.1) is 5.92 Å². The first-order valence-corrected chi connectivity index (χ1v) is 10.3. The van der Waals surface area contributed by atoms with Crippen LogP contribution in [0.5, 0.6) is 5.75 Å². The molecule has 3 N–H and O–H groups in total. The summed E-state index contributed by atoms with van der Waals surface area (Å²) in [6.07, 6.45) is 1.29. The Morgan fingerprint density at radius 2 is 1.68 bits per heavy atom. The van der Waals surface area contributed by atoms with Crippen LogP contribution in [0.2, 0.25) is 0 Å². The van der Waals surface area contributed by atoms with E-state index < -0.39 is 6.03 Å². The van der Waals surface area contributed by atoms with Gasteiger partial charge in [-0.05, 0) is 43.6 Å². The molecule has 0 radical (unpaired) electrons. The summed E-state index contributed by atoms with van der Waals surface area (Å²) in [6.45, 7) is 1.71. The molecule has 1 fully saturated rings. The average Bonchev–Trinajstić information content (AvgIpc) is 2.79. The van der Waals surface area contributed by atoms with Crippen LogP contribution >= 0.6 is 0 Å². The Bertz CT molecular complexity index is 895. The number of para-hydroxylation sites is 2. The molecule has 1 aliphatic rings. The average molecular weight is 425 g/mol. The number of benzene rings is 2. The number of hydrogen-bond donors (Lipinski definition) is 3. The van der Waals surface area contributed by atoms with Crippen LogP contribution in [0.1, 0.15) is 18.4 Å². The van der Waals surface area contributed by atoms with Crippen LogP contribution in [0.25, 0.3) is 0 Å². The van der Waals surface area contributed by atoms with Gasteiger partial charge in [0.2, 0.25) is 11.8 Å². The van der Waals surface area contributed by atoms with Gasteiger partial charge in [0.25, 0.3) is 0 Å². The third kappa shape index (κ3) is 6.82. The second kappa shape index (κ2) is 11.1. The molecule has 2 aromatic rings. The number of urea groups is 1. The third-order valence-electron chi connectivity index (χ3n) is 5.24. The van der Waals surface area contributed by atoms with Gasteiger partial charge in [0.05, 0.1) is 19.3 Å². The fourth-order valence-corrected chi connectivity index (χ4v) is 3.53. The number of nitrogens with one attached hydrogen (secondary N) is 3. The van der Waals surface area contributed by atoms with Crippen LogP contribution in [-0.2, 0) is 16.1 Å². The molecule has 0 spiro atoms. The third-order valence-corrected chi connectivity index (χ3v) is 5.24. The Hall–Kier alpha value is -3.39. The summed E-state index contributed by atoms with van der Waals surface area (Å²) in [7, 11) is 1.57. The molecule has 0 atom stereocenters. The van der Waals surface area contributed by atoms with E-state index in [1.165, 1.54) is 0 Å². The Morgan fingerprint density at radius 3 is 2.39 bits per heavy atom. The van der Waals surface area contributed by atoms with E-state index in [-0.39, 0.29) is 24.3 Å². The van der Waals surface area contributed by atoms with Crippen molar-refractivity contribution >= 4 is 23.5 Å². The topological polar surface area (TPSA) is 99.8 Å². The maximum atomic E-state index is 12.6. The summed E-state index contributed by atoms with van der Waals surface area (Å²) >= 11 is 0. The normalized spacial score (nSPS) is 14.5. The SMILES string of the molecule is COc1ccccc1NC(=O)C1CCN(CC(=O)NC(=O)NCc2ccccc2)CC1. The van der Waals surface area contributed by atoms with Gasteiger partial charge in [-0.3, -0.25) is 19.8 Å². The van der Waals surface area contributed by atoms with E-state index in [1.54, 1.807) is 19.2 Å². The first kappa shape index (κ1) is 22.3. The molecule has 3 rings (SSSR count). The number of nitrogens with zero attached hydrogens (tertiary/aromatic N) is 1. The van der Waals surface area contributed by atoms with Gasteiger partial charge < -0.3 is 15.4 Å². The van der Waals surface area contributed by atoms with Gasteiger partial charge in [-0.25, -0.2) is 4.79 Å². The first-order chi connectivity index (χ1) is 15.0. The van der Waals surface area contributed by atoms with Crippen LogP contribution in [-0.4, -0.2) is 49.5 Å². The van der Waals surface area contributed by atoms with Gasteiger partial charge >= 0.3 is 6.03 Å². The van der Waals surface area contributed by atoms with Gasteiger partial charge in [-0.1, -0.05) is 42.5 Å². The molecule has 1 aliphatic heterocycles. The molecule has 0 aromatic heterocycles. The number of ether oxygens (including phenoxy) is 1. The minimum Gasteiger partial charge on any atom is -0.495 e. The molecule has 0 unspecified atom stereocenters. The maximum absolute atomic E-state index is 12.6. The molecule has 31 heavy (non-hydrogen) atoms. The van der Waals surface area contributed by atoms with Crippen LogP contribution in [0.4, 0.5) is 10.5 Å². The van der Waals surface area contributed by atoms with Crippen molar-refractivity contribution < 1.29 is 19.1 Å². The van der Waals surface area contributed by atoms with E-state index >= 15 is 0 Å². The van der Waals surface area contributed by atoms with Crippen molar-refractivity contribution in [2.45, 2.75) is 19.4 Å². The summed E-state index contributed by atoms with van der Waals surface area (Å²) in [6, 6.07) is 16.3. The highest BCUT2D eigenvalue weighted by atomic mass is 16.5. The number of carbonyl (C=O) groups is 3. The lowest BCUT2D eigenvalue weighted by atomic mass is 9.95. The zero-order valence-corrected chi connectivity index (χ0v) is 17.6. The van der Waals surface area contributed by atoms with Crippen molar-refractivity contribution in [2.75, 3.05) is 32.1 Å². The minimum absolute atomic E-state index is 0.0473. The van der Waals surface area contributed by atoms with Crippen LogP contribution in [0.3, 0.4) is 0 Å². The lowest BCUT2D eigenvalue weighted by Crippen LogP contribution is -2.47. The zero-order chi connectivity index (χ0) is 22.1. The predicted molar refractivity (Wildman–Crippen MR) is 118 cm³/mol. The number of likely N-dealkylation sites (tertiary alicyclic amines) is 1. The molecule has 164 valence electrons. The Labute approximate surface area is 182 Å². The lowest BCUT2D eigenvalue weighted by Gasteiger charge is -2.30. The minimum atomic E-state index is -0.514. The van der Waals surface area contributed by atoms with Gasteiger partial charge in [-0.2, -0.15) is 0 Å². The van der Waals surface area contributed by atoms with Crippen molar-refractivity contribution in [1.82, 2.24) is 15.5 Å². The van der Waals surface area contributed by atoms with Crippen molar-refractivity contribution in [3.8, 4) is 5.75 Å². The molecule has 0 aliphatic carbocycles. The Balaban J connectivity index is 1.37. The summed E-state index contributed by atoms with van der Waals surface area (Å²) < 4.78 is 5.27. The van der Waals surface area contributed by atoms with Gasteiger partial charge in [-0.15, -0.1) is 0 Å². The molecule has 1 saturated heterocycles. The predicted octanol–water partition coefficient (Wildman–Crippen LogP) is 2.37. The lowest BCUT2D eigenvalue weighted by molar-refractivity contribution is -0.122. The molecule has 1 heterocycles. The summed E-state index contributed by atoms with van der Waals surface area (Å²) in [5.74, 6) is 0.0882. The number of rotatable bonds is 7. The monoisotopic (exact) mass is 424 g/mol. The number of methoxy groups -OCH3 is 1.